The molecule has 0 bridgehead atoms. The monoisotopic (exact) mass is 714 g/mol. The quantitative estimate of drug-likeness (QED) is 0.172. The molecule has 0 fully saturated rings. The minimum atomic E-state index is 0.693. The highest BCUT2D eigenvalue weighted by molar-refractivity contribution is 6.11. The molecule has 4 heteroatoms. The summed E-state index contributed by atoms with van der Waals surface area (Å²) in [7, 11) is 0. The van der Waals surface area contributed by atoms with Gasteiger partial charge in [-0.3, -0.25) is 0 Å². The van der Waals surface area contributed by atoms with Crippen molar-refractivity contribution in [2.45, 2.75) is 0 Å². The van der Waals surface area contributed by atoms with Crippen molar-refractivity contribution in [3.05, 3.63) is 206 Å². The Balaban J connectivity index is 1.04. The molecule has 3 heterocycles. The first-order valence-electron chi connectivity index (χ1n) is 19.0. The summed E-state index contributed by atoms with van der Waals surface area (Å²) >= 11 is 0. The van der Waals surface area contributed by atoms with E-state index < -0.39 is 0 Å². The number of hydrogen-bond acceptors (Lipinski definition) is 2. The van der Waals surface area contributed by atoms with Gasteiger partial charge in [-0.2, -0.15) is 0 Å². The van der Waals surface area contributed by atoms with E-state index in [1.54, 1.807) is 0 Å². The molecule has 0 amide bonds. The zero-order valence-electron chi connectivity index (χ0n) is 30.4. The molecule has 11 aromatic rings. The van der Waals surface area contributed by atoms with E-state index in [2.05, 4.69) is 203 Å². The fraction of sp³-hybridized carbons (Fsp3) is 0. The summed E-state index contributed by atoms with van der Waals surface area (Å²) in [5, 5.41) is 4.94. The van der Waals surface area contributed by atoms with Crippen molar-refractivity contribution in [1.29, 1.82) is 0 Å². The molecule has 11 rings (SSSR count). The lowest BCUT2D eigenvalue weighted by molar-refractivity contribution is 1.16. The smallest absolute Gasteiger partial charge is 0.160 e. The normalized spacial score (nSPS) is 11.6. The lowest BCUT2D eigenvalue weighted by atomic mass is 10.0. The molecule has 4 nitrogen and oxygen atoms in total. The van der Waals surface area contributed by atoms with Crippen LogP contribution in [0, 0.1) is 0 Å². The van der Waals surface area contributed by atoms with E-state index in [0.717, 1.165) is 50.5 Å². The summed E-state index contributed by atoms with van der Waals surface area (Å²) in [6.07, 6.45) is 0. The number of rotatable bonds is 6. The maximum Gasteiger partial charge on any atom is 0.160 e. The first kappa shape index (κ1) is 31.9. The average molecular weight is 715 g/mol. The molecule has 8 aromatic carbocycles. The fourth-order valence-electron chi connectivity index (χ4n) is 8.33. The highest BCUT2D eigenvalue weighted by Gasteiger charge is 2.17. The van der Waals surface area contributed by atoms with Gasteiger partial charge in [0.1, 0.15) is 0 Å². The molecule has 0 spiro atoms. The molecule has 0 aliphatic heterocycles. The maximum absolute atomic E-state index is 5.13. The minimum absolute atomic E-state index is 0.693. The van der Waals surface area contributed by atoms with Gasteiger partial charge in [0.05, 0.1) is 33.5 Å². The standard InChI is InChI=1S/C52H34N4/c1-3-15-35(16-4-1)46-34-47(36-17-5-2-6-18-36)54-52(53-46)39-20-14-22-41(32-39)56-50-28-12-9-25-44(50)45-33-38(29-30-51(45)56)37-19-13-21-40(31-37)55-48-26-10-7-23-42(48)43-24-8-11-27-49(43)55/h1-34H. The van der Waals surface area contributed by atoms with Crippen LogP contribution in [-0.2, 0) is 0 Å². The van der Waals surface area contributed by atoms with Crippen molar-refractivity contribution in [3.8, 4) is 56.4 Å². The van der Waals surface area contributed by atoms with E-state index >= 15 is 0 Å². The van der Waals surface area contributed by atoms with Gasteiger partial charge in [-0.1, -0.05) is 146 Å². The second-order valence-electron chi connectivity index (χ2n) is 14.2. The zero-order chi connectivity index (χ0) is 37.0. The largest absolute Gasteiger partial charge is 0.309 e. The van der Waals surface area contributed by atoms with E-state index in [0.29, 0.717) is 5.82 Å². The van der Waals surface area contributed by atoms with Crippen molar-refractivity contribution >= 4 is 43.6 Å². The van der Waals surface area contributed by atoms with Crippen LogP contribution in [0.25, 0.3) is 100 Å². The molecule has 0 aliphatic rings. The molecule has 0 atom stereocenters. The molecular formula is C52H34N4. The molecule has 0 saturated carbocycles. The van der Waals surface area contributed by atoms with Crippen molar-refractivity contribution in [2.75, 3.05) is 0 Å². The van der Waals surface area contributed by atoms with Crippen molar-refractivity contribution in [3.63, 3.8) is 0 Å². The highest BCUT2D eigenvalue weighted by atomic mass is 15.0. The van der Waals surface area contributed by atoms with Crippen molar-refractivity contribution in [2.24, 2.45) is 0 Å². The summed E-state index contributed by atoms with van der Waals surface area (Å²) in [4.78, 5) is 10.3. The van der Waals surface area contributed by atoms with Crippen LogP contribution in [0.4, 0.5) is 0 Å². The first-order valence-corrected chi connectivity index (χ1v) is 19.0. The van der Waals surface area contributed by atoms with Crippen LogP contribution in [-0.4, -0.2) is 19.1 Å². The van der Waals surface area contributed by atoms with Gasteiger partial charge in [0, 0.05) is 49.6 Å². The molecule has 262 valence electrons. The van der Waals surface area contributed by atoms with Crippen LogP contribution >= 0.6 is 0 Å². The third-order valence-corrected chi connectivity index (χ3v) is 10.9. The molecule has 0 unspecified atom stereocenters. The molecule has 3 aromatic heterocycles. The molecule has 0 saturated heterocycles. The molecular weight excluding hydrogens is 681 g/mol. The van der Waals surface area contributed by atoms with Crippen LogP contribution in [0.5, 0.6) is 0 Å². The number of para-hydroxylation sites is 3. The summed E-state index contributed by atoms with van der Waals surface area (Å²) in [6, 6.07) is 73.2. The second-order valence-corrected chi connectivity index (χ2v) is 14.2. The fourth-order valence-corrected chi connectivity index (χ4v) is 8.33. The minimum Gasteiger partial charge on any atom is -0.309 e. The van der Waals surface area contributed by atoms with Crippen LogP contribution in [0.15, 0.2) is 206 Å². The van der Waals surface area contributed by atoms with E-state index in [9.17, 15) is 0 Å². The van der Waals surface area contributed by atoms with Crippen molar-refractivity contribution in [1.82, 2.24) is 19.1 Å². The molecule has 0 aliphatic carbocycles. The number of hydrogen-bond donors (Lipinski definition) is 0. The van der Waals surface area contributed by atoms with E-state index in [4.69, 9.17) is 9.97 Å². The lowest BCUT2D eigenvalue weighted by Crippen LogP contribution is -1.98. The Morgan fingerprint density at radius 1 is 0.268 bits per heavy atom. The Hall–Kier alpha value is -7.56. The third kappa shape index (κ3) is 5.31. The van der Waals surface area contributed by atoms with Gasteiger partial charge in [-0.25, -0.2) is 9.97 Å². The summed E-state index contributed by atoms with van der Waals surface area (Å²) < 4.78 is 4.75. The van der Waals surface area contributed by atoms with Crippen molar-refractivity contribution < 1.29 is 0 Å². The Labute approximate surface area is 324 Å². The van der Waals surface area contributed by atoms with Gasteiger partial charge in [0.15, 0.2) is 5.82 Å². The van der Waals surface area contributed by atoms with Gasteiger partial charge >= 0.3 is 0 Å². The SMILES string of the molecule is c1ccc(-c2cc(-c3ccccc3)nc(-c3cccc(-n4c5ccccc5c5cc(-c6cccc(-n7c8ccccc8c8ccccc87)c6)ccc54)c3)n2)cc1. The summed E-state index contributed by atoms with van der Waals surface area (Å²) in [6.45, 7) is 0. The predicted molar refractivity (Wildman–Crippen MR) is 232 cm³/mol. The molecule has 56 heavy (non-hydrogen) atoms. The van der Waals surface area contributed by atoms with Gasteiger partial charge in [0.25, 0.3) is 0 Å². The topological polar surface area (TPSA) is 35.6 Å². The van der Waals surface area contributed by atoms with Gasteiger partial charge in [0.2, 0.25) is 0 Å². The van der Waals surface area contributed by atoms with Crippen LogP contribution in [0.1, 0.15) is 0 Å². The van der Waals surface area contributed by atoms with Gasteiger partial charge < -0.3 is 9.13 Å². The Morgan fingerprint density at radius 3 is 1.23 bits per heavy atom. The predicted octanol–water partition coefficient (Wildman–Crippen LogP) is 13.3. The van der Waals surface area contributed by atoms with E-state index in [-0.39, 0.29) is 0 Å². The number of fused-ring (bicyclic) bond motifs is 6. The maximum atomic E-state index is 5.13. The van der Waals surface area contributed by atoms with Gasteiger partial charge in [-0.15, -0.1) is 0 Å². The van der Waals surface area contributed by atoms with Crippen LogP contribution in [0.2, 0.25) is 0 Å². The summed E-state index contributed by atoms with van der Waals surface area (Å²) in [5.41, 5.74) is 14.1. The Morgan fingerprint density at radius 2 is 0.679 bits per heavy atom. The molecule has 0 N–H and O–H groups in total. The number of aromatic nitrogens is 4. The average Bonchev–Trinajstić information content (AvgIpc) is 3.80. The third-order valence-electron chi connectivity index (χ3n) is 10.9. The van der Waals surface area contributed by atoms with E-state index in [1.807, 2.05) is 12.1 Å². The number of nitrogens with zero attached hydrogens (tertiary/aromatic N) is 4. The van der Waals surface area contributed by atoms with Crippen LogP contribution < -0.4 is 0 Å². The highest BCUT2D eigenvalue weighted by Crippen LogP contribution is 2.38. The van der Waals surface area contributed by atoms with Crippen LogP contribution in [0.3, 0.4) is 0 Å². The Bertz CT molecular complexity index is 3140. The van der Waals surface area contributed by atoms with Gasteiger partial charge in [-0.05, 0) is 71.8 Å². The number of benzene rings is 8. The summed E-state index contributed by atoms with van der Waals surface area (Å²) in [5.74, 6) is 0.693. The lowest BCUT2D eigenvalue weighted by Gasteiger charge is -2.12. The molecule has 0 radical (unpaired) electrons. The second kappa shape index (κ2) is 13.1. The van der Waals surface area contributed by atoms with E-state index in [1.165, 1.54) is 43.7 Å². The zero-order valence-corrected chi connectivity index (χ0v) is 30.4. The first-order chi connectivity index (χ1) is 27.8. The Kier molecular flexibility index (Phi) is 7.46.